The summed E-state index contributed by atoms with van der Waals surface area (Å²) in [6.07, 6.45) is 0. The van der Waals surface area contributed by atoms with Crippen LogP contribution < -0.4 is 0 Å². The van der Waals surface area contributed by atoms with Gasteiger partial charge < -0.3 is 9.13 Å². The molecule has 0 atom stereocenters. The van der Waals surface area contributed by atoms with Gasteiger partial charge in [-0.3, -0.25) is 0 Å². The SMILES string of the molecule is c1ccc(-c2cccc(-n3c4ccc(C5(c6ccccc6)c6ccccc6-c6ccccc65)cc4c4ccc(-c5cccc6c7ccccc7n(-c7ccccc7)c56)cc43)c2)cc1. The fraction of sp³-hybridized carbons (Fsp3) is 0.0164. The van der Waals surface area contributed by atoms with Crippen molar-refractivity contribution >= 4 is 43.6 Å². The van der Waals surface area contributed by atoms with E-state index in [-0.39, 0.29) is 0 Å². The Balaban J connectivity index is 1.11. The van der Waals surface area contributed by atoms with E-state index in [9.17, 15) is 0 Å². The molecular weight excluding hydrogens is 761 g/mol. The van der Waals surface area contributed by atoms with Gasteiger partial charge in [0.25, 0.3) is 0 Å². The van der Waals surface area contributed by atoms with Crippen molar-refractivity contribution in [1.29, 1.82) is 0 Å². The molecule has 13 rings (SSSR count). The number of benzene rings is 10. The van der Waals surface area contributed by atoms with E-state index < -0.39 is 5.41 Å². The largest absolute Gasteiger partial charge is 0.309 e. The number of hydrogen-bond acceptors (Lipinski definition) is 0. The van der Waals surface area contributed by atoms with Crippen LogP contribution in [-0.2, 0) is 5.41 Å². The van der Waals surface area contributed by atoms with Crippen molar-refractivity contribution in [2.45, 2.75) is 5.41 Å². The third-order valence-electron chi connectivity index (χ3n) is 13.6. The van der Waals surface area contributed by atoms with Crippen LogP contribution in [0, 0.1) is 0 Å². The second-order valence-corrected chi connectivity index (χ2v) is 16.8. The highest BCUT2D eigenvalue weighted by atomic mass is 15.0. The lowest BCUT2D eigenvalue weighted by atomic mass is 9.67. The van der Waals surface area contributed by atoms with Gasteiger partial charge in [-0.1, -0.05) is 194 Å². The smallest absolute Gasteiger partial charge is 0.0713 e. The number of nitrogens with zero attached hydrogens (tertiary/aromatic N) is 2. The van der Waals surface area contributed by atoms with Gasteiger partial charge >= 0.3 is 0 Å². The first-order valence-corrected chi connectivity index (χ1v) is 21.8. The molecule has 1 aliphatic carbocycles. The van der Waals surface area contributed by atoms with Crippen LogP contribution in [0.5, 0.6) is 0 Å². The van der Waals surface area contributed by atoms with Crippen LogP contribution in [0.1, 0.15) is 22.3 Å². The van der Waals surface area contributed by atoms with Gasteiger partial charge in [-0.2, -0.15) is 0 Å². The zero-order chi connectivity index (χ0) is 41.5. The molecule has 12 aromatic rings. The van der Waals surface area contributed by atoms with Crippen molar-refractivity contribution < 1.29 is 0 Å². The second kappa shape index (κ2) is 13.9. The highest BCUT2D eigenvalue weighted by molar-refractivity contribution is 6.15. The second-order valence-electron chi connectivity index (χ2n) is 16.8. The predicted octanol–water partition coefficient (Wildman–Crippen LogP) is 15.6. The van der Waals surface area contributed by atoms with Crippen molar-refractivity contribution in [2.75, 3.05) is 0 Å². The lowest BCUT2D eigenvalue weighted by molar-refractivity contribution is 0.770. The number of para-hydroxylation sites is 3. The van der Waals surface area contributed by atoms with Crippen LogP contribution in [0.15, 0.2) is 243 Å². The average Bonchev–Trinajstić information content (AvgIpc) is 3.99. The lowest BCUT2D eigenvalue weighted by Gasteiger charge is -2.34. The summed E-state index contributed by atoms with van der Waals surface area (Å²) >= 11 is 0. The van der Waals surface area contributed by atoms with E-state index in [2.05, 4.69) is 252 Å². The fourth-order valence-electron chi connectivity index (χ4n) is 11.0. The maximum absolute atomic E-state index is 2.49. The summed E-state index contributed by atoms with van der Waals surface area (Å²) in [5.74, 6) is 0. The lowest BCUT2D eigenvalue weighted by Crippen LogP contribution is -2.28. The minimum absolute atomic E-state index is 0.495. The van der Waals surface area contributed by atoms with E-state index in [1.54, 1.807) is 0 Å². The Labute approximate surface area is 366 Å². The van der Waals surface area contributed by atoms with Gasteiger partial charge in [-0.25, -0.2) is 0 Å². The molecule has 2 heterocycles. The molecule has 2 heteroatoms. The van der Waals surface area contributed by atoms with E-state index in [1.807, 2.05) is 0 Å². The Hall–Kier alpha value is -8.20. The van der Waals surface area contributed by atoms with Gasteiger partial charge in [0.2, 0.25) is 0 Å². The maximum Gasteiger partial charge on any atom is 0.0713 e. The summed E-state index contributed by atoms with van der Waals surface area (Å²) in [7, 11) is 0. The summed E-state index contributed by atoms with van der Waals surface area (Å²) in [6, 6.07) is 89.6. The summed E-state index contributed by atoms with van der Waals surface area (Å²) in [5, 5.41) is 4.95. The summed E-state index contributed by atoms with van der Waals surface area (Å²) in [5.41, 5.74) is 19.1. The van der Waals surface area contributed by atoms with Crippen LogP contribution in [-0.4, -0.2) is 9.13 Å². The molecule has 0 bridgehead atoms. The first kappa shape index (κ1) is 35.5. The van der Waals surface area contributed by atoms with Crippen molar-refractivity contribution in [3.8, 4) is 44.8 Å². The Kier molecular flexibility index (Phi) is 7.85. The van der Waals surface area contributed by atoms with E-state index in [1.165, 1.54) is 99.2 Å². The molecular formula is C61H40N2. The Bertz CT molecular complexity index is 3680. The highest BCUT2D eigenvalue weighted by Gasteiger charge is 2.46. The van der Waals surface area contributed by atoms with Gasteiger partial charge in [0, 0.05) is 38.5 Å². The summed E-state index contributed by atoms with van der Waals surface area (Å²) < 4.78 is 4.93. The quantitative estimate of drug-likeness (QED) is 0.159. The monoisotopic (exact) mass is 800 g/mol. The third-order valence-corrected chi connectivity index (χ3v) is 13.6. The first-order valence-electron chi connectivity index (χ1n) is 21.8. The van der Waals surface area contributed by atoms with Crippen molar-refractivity contribution in [3.05, 3.63) is 265 Å². The van der Waals surface area contributed by atoms with E-state index in [0.717, 1.165) is 11.4 Å². The topological polar surface area (TPSA) is 9.86 Å². The molecule has 63 heavy (non-hydrogen) atoms. The van der Waals surface area contributed by atoms with Gasteiger partial charge in [-0.05, 0) is 98.6 Å². The van der Waals surface area contributed by atoms with E-state index >= 15 is 0 Å². The number of hydrogen-bond donors (Lipinski definition) is 0. The molecule has 0 saturated carbocycles. The van der Waals surface area contributed by atoms with Crippen molar-refractivity contribution in [3.63, 3.8) is 0 Å². The maximum atomic E-state index is 2.49. The number of aromatic nitrogens is 2. The normalized spacial score (nSPS) is 12.9. The molecule has 2 nitrogen and oxygen atoms in total. The molecule has 0 N–H and O–H groups in total. The molecule has 1 aliphatic rings. The molecule has 0 spiro atoms. The molecule has 0 saturated heterocycles. The van der Waals surface area contributed by atoms with Crippen LogP contribution in [0.3, 0.4) is 0 Å². The van der Waals surface area contributed by atoms with Gasteiger partial charge in [0.1, 0.15) is 0 Å². The third kappa shape index (κ3) is 5.19. The molecule has 10 aromatic carbocycles. The average molecular weight is 801 g/mol. The predicted molar refractivity (Wildman–Crippen MR) is 263 cm³/mol. The van der Waals surface area contributed by atoms with E-state index in [4.69, 9.17) is 0 Å². The molecule has 0 amide bonds. The highest BCUT2D eigenvalue weighted by Crippen LogP contribution is 2.56. The van der Waals surface area contributed by atoms with Gasteiger partial charge in [0.05, 0.1) is 27.5 Å². The van der Waals surface area contributed by atoms with Crippen LogP contribution >= 0.6 is 0 Å². The summed E-state index contributed by atoms with van der Waals surface area (Å²) in [4.78, 5) is 0. The van der Waals surface area contributed by atoms with Gasteiger partial charge in [0.15, 0.2) is 0 Å². The van der Waals surface area contributed by atoms with Crippen molar-refractivity contribution in [2.24, 2.45) is 0 Å². The Morgan fingerprint density at radius 3 is 1.62 bits per heavy atom. The molecule has 294 valence electrons. The van der Waals surface area contributed by atoms with Crippen molar-refractivity contribution in [1.82, 2.24) is 9.13 Å². The Morgan fingerprint density at radius 1 is 0.270 bits per heavy atom. The molecule has 0 aliphatic heterocycles. The zero-order valence-corrected chi connectivity index (χ0v) is 34.5. The van der Waals surface area contributed by atoms with Crippen LogP contribution in [0.4, 0.5) is 0 Å². The molecule has 0 fully saturated rings. The summed E-state index contributed by atoms with van der Waals surface area (Å²) in [6.45, 7) is 0. The van der Waals surface area contributed by atoms with Gasteiger partial charge in [-0.15, -0.1) is 0 Å². The van der Waals surface area contributed by atoms with Crippen LogP contribution in [0.2, 0.25) is 0 Å². The van der Waals surface area contributed by atoms with E-state index in [0.29, 0.717) is 0 Å². The molecule has 2 aromatic heterocycles. The first-order chi connectivity index (χ1) is 31.3. The molecule has 0 radical (unpaired) electrons. The zero-order valence-electron chi connectivity index (χ0n) is 34.5. The minimum atomic E-state index is -0.495. The molecule has 0 unspecified atom stereocenters. The standard InChI is InChI=1S/C61H40N2/c1-4-18-41(19-5-1)42-20-16-25-47(38-42)62-58-37-35-45(61(44-21-6-2-7-22-44)55-31-13-10-26-49(55)50-27-11-14-32-56(50)61)40-54(58)52-36-34-43(39-59(52)62)48-29-17-30-53-51-28-12-15-33-57(51)63(60(48)53)46-23-8-3-9-24-46/h1-40H. The number of rotatable bonds is 6. The Morgan fingerprint density at radius 2 is 0.841 bits per heavy atom. The minimum Gasteiger partial charge on any atom is -0.309 e. The van der Waals surface area contributed by atoms with Crippen LogP contribution in [0.25, 0.3) is 88.4 Å². The number of fused-ring (bicyclic) bond motifs is 9. The fourth-order valence-corrected chi connectivity index (χ4v) is 11.0.